The standard InChI is InChI=1S/C11H5ClF2N4/c12-9-11-17-16-10(18(11)5-4-15-9)6-2-1-3-7(13)8(6)14/h1-5H. The third-order valence-electron chi connectivity index (χ3n) is 2.48. The van der Waals surface area contributed by atoms with Crippen LogP contribution in [0.5, 0.6) is 0 Å². The summed E-state index contributed by atoms with van der Waals surface area (Å²) >= 11 is 5.83. The Balaban J connectivity index is 2.33. The molecule has 0 amide bonds. The summed E-state index contributed by atoms with van der Waals surface area (Å²) in [7, 11) is 0. The van der Waals surface area contributed by atoms with Crippen LogP contribution in [0.15, 0.2) is 30.6 Å². The fraction of sp³-hybridized carbons (Fsp3) is 0. The summed E-state index contributed by atoms with van der Waals surface area (Å²) in [6.45, 7) is 0. The zero-order valence-electron chi connectivity index (χ0n) is 8.81. The molecule has 0 fully saturated rings. The second-order valence-corrected chi connectivity index (χ2v) is 3.89. The fourth-order valence-corrected chi connectivity index (χ4v) is 1.84. The van der Waals surface area contributed by atoms with E-state index in [9.17, 15) is 8.78 Å². The van der Waals surface area contributed by atoms with Crippen LogP contribution >= 0.6 is 11.6 Å². The molecule has 90 valence electrons. The van der Waals surface area contributed by atoms with E-state index in [1.807, 2.05) is 0 Å². The first-order valence-electron chi connectivity index (χ1n) is 4.98. The van der Waals surface area contributed by atoms with E-state index in [4.69, 9.17) is 11.6 Å². The van der Waals surface area contributed by atoms with Gasteiger partial charge in [0.05, 0.1) is 5.56 Å². The summed E-state index contributed by atoms with van der Waals surface area (Å²) < 4.78 is 28.3. The van der Waals surface area contributed by atoms with Crippen molar-refractivity contribution >= 4 is 17.2 Å². The van der Waals surface area contributed by atoms with Gasteiger partial charge in [-0.15, -0.1) is 10.2 Å². The molecule has 2 heterocycles. The molecule has 4 nitrogen and oxygen atoms in total. The third kappa shape index (κ3) is 1.53. The molecule has 0 aliphatic carbocycles. The predicted molar refractivity (Wildman–Crippen MR) is 61.1 cm³/mol. The zero-order chi connectivity index (χ0) is 12.7. The van der Waals surface area contributed by atoms with Crippen molar-refractivity contribution in [3.63, 3.8) is 0 Å². The molecular formula is C11H5ClF2N4. The van der Waals surface area contributed by atoms with Gasteiger partial charge in [0, 0.05) is 12.4 Å². The first-order chi connectivity index (χ1) is 8.68. The molecule has 2 aromatic heterocycles. The van der Waals surface area contributed by atoms with Gasteiger partial charge in [-0.2, -0.15) is 0 Å². The Labute approximate surface area is 105 Å². The van der Waals surface area contributed by atoms with E-state index >= 15 is 0 Å². The van der Waals surface area contributed by atoms with E-state index in [2.05, 4.69) is 15.2 Å². The molecule has 3 aromatic rings. The maximum atomic E-state index is 13.7. The molecule has 7 heteroatoms. The molecule has 0 saturated carbocycles. The summed E-state index contributed by atoms with van der Waals surface area (Å²) in [6, 6.07) is 3.86. The van der Waals surface area contributed by atoms with Gasteiger partial charge in [0.1, 0.15) is 0 Å². The Morgan fingerprint density at radius 3 is 2.83 bits per heavy atom. The lowest BCUT2D eigenvalue weighted by Gasteiger charge is -2.02. The van der Waals surface area contributed by atoms with Gasteiger partial charge in [0.15, 0.2) is 28.3 Å². The highest BCUT2D eigenvalue weighted by Gasteiger charge is 2.16. The topological polar surface area (TPSA) is 43.1 Å². The van der Waals surface area contributed by atoms with Crippen molar-refractivity contribution in [1.82, 2.24) is 19.6 Å². The number of halogens is 3. The largest absolute Gasteiger partial charge is 0.278 e. The van der Waals surface area contributed by atoms with Crippen molar-refractivity contribution in [2.45, 2.75) is 0 Å². The lowest BCUT2D eigenvalue weighted by atomic mass is 10.2. The van der Waals surface area contributed by atoms with Crippen LogP contribution in [0.3, 0.4) is 0 Å². The summed E-state index contributed by atoms with van der Waals surface area (Å²) in [4.78, 5) is 3.83. The molecule has 0 radical (unpaired) electrons. The van der Waals surface area contributed by atoms with Crippen LogP contribution in [-0.4, -0.2) is 19.6 Å². The minimum absolute atomic E-state index is 0.0183. The summed E-state index contributed by atoms with van der Waals surface area (Å²) in [5.41, 5.74) is 0.308. The Morgan fingerprint density at radius 2 is 2.00 bits per heavy atom. The Hall–Kier alpha value is -2.08. The molecule has 0 aliphatic heterocycles. The van der Waals surface area contributed by atoms with Crippen LogP contribution in [0.4, 0.5) is 8.78 Å². The molecule has 0 spiro atoms. The third-order valence-corrected chi connectivity index (χ3v) is 2.74. The highest BCUT2D eigenvalue weighted by atomic mass is 35.5. The van der Waals surface area contributed by atoms with Crippen LogP contribution < -0.4 is 0 Å². The van der Waals surface area contributed by atoms with Crippen LogP contribution in [-0.2, 0) is 0 Å². The zero-order valence-corrected chi connectivity index (χ0v) is 9.57. The highest BCUT2D eigenvalue weighted by molar-refractivity contribution is 6.32. The van der Waals surface area contributed by atoms with Gasteiger partial charge in [-0.1, -0.05) is 17.7 Å². The Kier molecular flexibility index (Phi) is 2.45. The van der Waals surface area contributed by atoms with E-state index in [1.54, 1.807) is 0 Å². The van der Waals surface area contributed by atoms with Gasteiger partial charge in [-0.25, -0.2) is 13.8 Å². The van der Waals surface area contributed by atoms with E-state index in [0.717, 1.165) is 6.07 Å². The number of nitrogens with zero attached hydrogens (tertiary/aromatic N) is 4. The molecule has 18 heavy (non-hydrogen) atoms. The number of hydrogen-bond donors (Lipinski definition) is 0. The molecule has 1 aromatic carbocycles. The molecule has 0 atom stereocenters. The van der Waals surface area contributed by atoms with E-state index in [0.29, 0.717) is 0 Å². The van der Waals surface area contributed by atoms with Crippen molar-refractivity contribution in [1.29, 1.82) is 0 Å². The van der Waals surface area contributed by atoms with Crippen LogP contribution in [0.2, 0.25) is 5.15 Å². The molecule has 0 bridgehead atoms. The molecule has 0 N–H and O–H groups in total. The minimum atomic E-state index is -0.972. The maximum absolute atomic E-state index is 13.7. The van der Waals surface area contributed by atoms with Crippen molar-refractivity contribution in [2.24, 2.45) is 0 Å². The maximum Gasteiger partial charge on any atom is 0.198 e. The Bertz CT molecular complexity index is 741. The molecule has 0 unspecified atom stereocenters. The quantitative estimate of drug-likeness (QED) is 0.680. The van der Waals surface area contributed by atoms with Crippen LogP contribution in [0.25, 0.3) is 17.0 Å². The SMILES string of the molecule is Fc1cccc(-c2nnc3c(Cl)nccn23)c1F. The molecule has 0 saturated heterocycles. The minimum Gasteiger partial charge on any atom is -0.278 e. The summed E-state index contributed by atoms with van der Waals surface area (Å²) in [5, 5.41) is 7.75. The number of fused-ring (bicyclic) bond motifs is 1. The van der Waals surface area contributed by atoms with E-state index in [-0.39, 0.29) is 22.2 Å². The second kappa shape index (κ2) is 3.99. The number of aromatic nitrogens is 4. The lowest BCUT2D eigenvalue weighted by Crippen LogP contribution is -1.95. The predicted octanol–water partition coefficient (Wildman–Crippen LogP) is 2.72. The monoisotopic (exact) mass is 266 g/mol. The van der Waals surface area contributed by atoms with Crippen molar-refractivity contribution in [3.05, 3.63) is 47.4 Å². The summed E-state index contributed by atoms with van der Waals surface area (Å²) in [5.74, 6) is -1.74. The van der Waals surface area contributed by atoms with Gasteiger partial charge in [0.25, 0.3) is 0 Å². The fourth-order valence-electron chi connectivity index (χ4n) is 1.66. The van der Waals surface area contributed by atoms with Crippen LogP contribution in [0.1, 0.15) is 0 Å². The molecular weight excluding hydrogens is 262 g/mol. The van der Waals surface area contributed by atoms with Gasteiger partial charge in [-0.05, 0) is 12.1 Å². The first-order valence-corrected chi connectivity index (χ1v) is 5.36. The first kappa shape index (κ1) is 11.0. The van der Waals surface area contributed by atoms with E-state index < -0.39 is 11.6 Å². The average Bonchev–Trinajstić information content (AvgIpc) is 2.78. The number of rotatable bonds is 1. The molecule has 3 rings (SSSR count). The Morgan fingerprint density at radius 1 is 1.17 bits per heavy atom. The summed E-state index contributed by atoms with van der Waals surface area (Å²) in [6.07, 6.45) is 2.96. The number of benzene rings is 1. The van der Waals surface area contributed by atoms with Gasteiger partial charge in [-0.3, -0.25) is 4.40 Å². The smallest absolute Gasteiger partial charge is 0.198 e. The van der Waals surface area contributed by atoms with Gasteiger partial charge in [0.2, 0.25) is 0 Å². The van der Waals surface area contributed by atoms with Crippen molar-refractivity contribution < 1.29 is 8.78 Å². The molecule has 0 aliphatic rings. The van der Waals surface area contributed by atoms with Gasteiger partial charge < -0.3 is 0 Å². The second-order valence-electron chi connectivity index (χ2n) is 3.54. The normalized spacial score (nSPS) is 11.1. The lowest BCUT2D eigenvalue weighted by molar-refractivity contribution is 0.510. The van der Waals surface area contributed by atoms with Crippen molar-refractivity contribution in [3.8, 4) is 11.4 Å². The van der Waals surface area contributed by atoms with Crippen molar-refractivity contribution in [2.75, 3.05) is 0 Å². The highest BCUT2D eigenvalue weighted by Crippen LogP contribution is 2.24. The van der Waals surface area contributed by atoms with Crippen LogP contribution in [0, 0.1) is 11.6 Å². The van der Waals surface area contributed by atoms with Gasteiger partial charge >= 0.3 is 0 Å². The average molecular weight is 267 g/mol. The van der Waals surface area contributed by atoms with E-state index in [1.165, 1.54) is 28.9 Å². The number of hydrogen-bond acceptors (Lipinski definition) is 3.